The Kier molecular flexibility index (Phi) is 28.6. The minimum absolute atomic E-state index is 0.0134. The Morgan fingerprint density at radius 3 is 1.69 bits per heavy atom. The van der Waals surface area contributed by atoms with E-state index < -0.39 is 11.5 Å². The van der Waals surface area contributed by atoms with Crippen LogP contribution in [0.2, 0.25) is 0 Å². The standard InChI is InChI=1S/C36H62O5.C4H11NO.C2H6/c1-10-12-24-39-33(37)22-23-34(38)41-35-29(7)30(8)36(32(16-11-2)31(35)9)40-25-15-21-28(6)20-14-19-27(5)18-13-17-26(3)4;1-4(2,5)3-6;1-2/h26-28H,10-25H2,1-9H3;6H,3,5H2,1-2H3;1-2H3. The van der Waals surface area contributed by atoms with Crippen molar-refractivity contribution in [3.63, 3.8) is 0 Å². The number of unbranched alkanes of at least 4 members (excludes halogenated alkanes) is 1. The first kappa shape index (κ1) is 49.0. The molecule has 0 amide bonds. The highest BCUT2D eigenvalue weighted by atomic mass is 16.5. The highest BCUT2D eigenvalue weighted by Crippen LogP contribution is 2.39. The minimum Gasteiger partial charge on any atom is -0.493 e. The van der Waals surface area contributed by atoms with Crippen LogP contribution in [0.25, 0.3) is 0 Å². The molecule has 0 spiro atoms. The second-order valence-electron chi connectivity index (χ2n) is 14.9. The maximum absolute atomic E-state index is 12.6. The maximum Gasteiger partial charge on any atom is 0.311 e. The smallest absolute Gasteiger partial charge is 0.311 e. The number of ether oxygens (including phenoxy) is 3. The van der Waals surface area contributed by atoms with Crippen LogP contribution in [-0.4, -0.2) is 42.4 Å². The van der Waals surface area contributed by atoms with Crippen LogP contribution in [0.5, 0.6) is 11.5 Å². The van der Waals surface area contributed by atoms with Gasteiger partial charge < -0.3 is 25.1 Å². The topological polar surface area (TPSA) is 108 Å². The van der Waals surface area contributed by atoms with E-state index in [0.717, 1.165) is 71.9 Å². The fourth-order valence-corrected chi connectivity index (χ4v) is 5.41. The van der Waals surface area contributed by atoms with Gasteiger partial charge in [0.2, 0.25) is 0 Å². The summed E-state index contributed by atoms with van der Waals surface area (Å²) in [5.41, 5.74) is 8.91. The van der Waals surface area contributed by atoms with Gasteiger partial charge in [0.25, 0.3) is 0 Å². The van der Waals surface area contributed by atoms with E-state index in [0.29, 0.717) is 24.9 Å². The normalized spacial score (nSPS) is 12.3. The predicted molar refractivity (Wildman–Crippen MR) is 208 cm³/mol. The molecule has 0 fully saturated rings. The number of hydrogen-bond acceptors (Lipinski definition) is 7. The number of hydrogen-bond donors (Lipinski definition) is 2. The number of aliphatic hydroxyl groups excluding tert-OH is 1. The molecule has 1 aromatic rings. The van der Waals surface area contributed by atoms with Crippen molar-refractivity contribution >= 4 is 11.9 Å². The van der Waals surface area contributed by atoms with Gasteiger partial charge in [0.1, 0.15) is 11.5 Å². The quantitative estimate of drug-likeness (QED) is 0.0667. The van der Waals surface area contributed by atoms with E-state index in [2.05, 4.69) is 41.5 Å². The average Bonchev–Trinajstić information content (AvgIpc) is 3.05. The number of carbonyl (C=O) groups excluding carboxylic acids is 2. The van der Waals surface area contributed by atoms with E-state index in [1.54, 1.807) is 13.8 Å². The summed E-state index contributed by atoms with van der Waals surface area (Å²) in [5, 5.41) is 8.28. The third-order valence-electron chi connectivity index (χ3n) is 8.69. The Hall–Kier alpha value is -2.12. The van der Waals surface area contributed by atoms with Crippen molar-refractivity contribution in [3.8, 4) is 11.5 Å². The van der Waals surface area contributed by atoms with Crippen LogP contribution in [0, 0.1) is 38.5 Å². The highest BCUT2D eigenvalue weighted by molar-refractivity contribution is 5.80. The molecule has 1 rings (SSSR count). The number of rotatable bonds is 23. The minimum atomic E-state index is -0.405. The lowest BCUT2D eigenvalue weighted by atomic mass is 9.92. The molecule has 49 heavy (non-hydrogen) atoms. The van der Waals surface area contributed by atoms with Gasteiger partial charge in [0.05, 0.1) is 32.7 Å². The second-order valence-corrected chi connectivity index (χ2v) is 14.9. The van der Waals surface area contributed by atoms with Crippen molar-refractivity contribution in [1.82, 2.24) is 0 Å². The summed E-state index contributed by atoms with van der Waals surface area (Å²) < 4.78 is 17.4. The van der Waals surface area contributed by atoms with E-state index in [4.69, 9.17) is 25.1 Å². The van der Waals surface area contributed by atoms with E-state index in [1.807, 2.05) is 34.6 Å². The predicted octanol–water partition coefficient (Wildman–Crippen LogP) is 10.8. The van der Waals surface area contributed by atoms with Crippen LogP contribution in [0.4, 0.5) is 0 Å². The van der Waals surface area contributed by atoms with Gasteiger partial charge in [0.15, 0.2) is 0 Å². The monoisotopic (exact) mass is 694 g/mol. The molecule has 0 aromatic heterocycles. The van der Waals surface area contributed by atoms with E-state index in [1.165, 1.54) is 44.9 Å². The van der Waals surface area contributed by atoms with Crippen molar-refractivity contribution in [1.29, 1.82) is 0 Å². The third-order valence-corrected chi connectivity index (χ3v) is 8.69. The van der Waals surface area contributed by atoms with Gasteiger partial charge in [-0.15, -0.1) is 0 Å². The van der Waals surface area contributed by atoms with Crippen molar-refractivity contribution in [3.05, 3.63) is 22.3 Å². The molecule has 0 aliphatic carbocycles. The summed E-state index contributed by atoms with van der Waals surface area (Å²) in [6.45, 7) is 28.4. The van der Waals surface area contributed by atoms with E-state index in [9.17, 15) is 9.59 Å². The molecule has 0 heterocycles. The van der Waals surface area contributed by atoms with Crippen molar-refractivity contribution < 1.29 is 28.9 Å². The molecule has 2 atom stereocenters. The molecule has 288 valence electrons. The molecule has 0 aliphatic rings. The molecule has 0 saturated carbocycles. The van der Waals surface area contributed by atoms with Gasteiger partial charge in [-0.05, 0) is 94.7 Å². The van der Waals surface area contributed by atoms with Crippen LogP contribution in [0.15, 0.2) is 0 Å². The van der Waals surface area contributed by atoms with Gasteiger partial charge in [-0.1, -0.05) is 107 Å². The number of aliphatic hydroxyl groups is 1. The van der Waals surface area contributed by atoms with Crippen molar-refractivity contribution in [2.45, 2.75) is 185 Å². The zero-order valence-corrected chi connectivity index (χ0v) is 34.3. The van der Waals surface area contributed by atoms with Crippen LogP contribution < -0.4 is 15.2 Å². The molecular formula is C42H79NO6. The van der Waals surface area contributed by atoms with Crippen molar-refractivity contribution in [2.75, 3.05) is 19.8 Å². The fourth-order valence-electron chi connectivity index (χ4n) is 5.41. The Labute approximate surface area is 302 Å². The molecule has 0 saturated heterocycles. The van der Waals surface area contributed by atoms with Crippen LogP contribution in [0.1, 0.15) is 175 Å². The number of nitrogens with two attached hydrogens (primary N) is 1. The molecule has 3 N–H and O–H groups in total. The third kappa shape index (κ3) is 23.8. The summed E-state index contributed by atoms with van der Waals surface area (Å²) in [6.07, 6.45) is 14.0. The SMILES string of the molecule is CC.CC(C)(N)CO.CCCCOC(=O)CCC(=O)Oc1c(C)c(C)c(OCCCC(C)CCCC(C)CCCC(C)C)c(CCC)c1C. The lowest BCUT2D eigenvalue weighted by molar-refractivity contribution is -0.147. The van der Waals surface area contributed by atoms with Gasteiger partial charge in [-0.2, -0.15) is 0 Å². The summed E-state index contributed by atoms with van der Waals surface area (Å²) in [6, 6.07) is 0. The van der Waals surface area contributed by atoms with Crippen molar-refractivity contribution in [2.24, 2.45) is 23.5 Å². The highest BCUT2D eigenvalue weighted by Gasteiger charge is 2.22. The summed E-state index contributed by atoms with van der Waals surface area (Å²) in [4.78, 5) is 24.5. The summed E-state index contributed by atoms with van der Waals surface area (Å²) in [7, 11) is 0. The van der Waals surface area contributed by atoms with Crippen LogP contribution in [-0.2, 0) is 20.7 Å². The molecule has 0 aliphatic heterocycles. The van der Waals surface area contributed by atoms with Gasteiger partial charge in [-0.3, -0.25) is 9.59 Å². The van der Waals surface area contributed by atoms with Gasteiger partial charge in [0, 0.05) is 11.1 Å². The Morgan fingerprint density at radius 1 is 0.714 bits per heavy atom. The second kappa shape index (κ2) is 28.6. The number of carbonyl (C=O) groups is 2. The molecule has 2 unspecified atom stereocenters. The van der Waals surface area contributed by atoms with E-state index in [-0.39, 0.29) is 25.4 Å². The first-order chi connectivity index (χ1) is 23.1. The van der Waals surface area contributed by atoms with Gasteiger partial charge >= 0.3 is 11.9 Å². The van der Waals surface area contributed by atoms with Crippen LogP contribution in [0.3, 0.4) is 0 Å². The lowest BCUT2D eigenvalue weighted by Crippen LogP contribution is -2.35. The van der Waals surface area contributed by atoms with Crippen LogP contribution >= 0.6 is 0 Å². The Bertz CT molecular complexity index is 1010. The first-order valence-electron chi connectivity index (χ1n) is 19.6. The van der Waals surface area contributed by atoms with Gasteiger partial charge in [-0.25, -0.2) is 0 Å². The fraction of sp³-hybridized carbons (Fsp3) is 0.810. The lowest BCUT2D eigenvalue weighted by Gasteiger charge is -2.22. The maximum atomic E-state index is 12.6. The summed E-state index contributed by atoms with van der Waals surface area (Å²) in [5.74, 6) is 3.17. The molecular weight excluding hydrogens is 614 g/mol. The molecule has 0 bridgehead atoms. The zero-order valence-electron chi connectivity index (χ0n) is 34.3. The zero-order chi connectivity index (χ0) is 38.0. The summed E-state index contributed by atoms with van der Waals surface area (Å²) >= 11 is 0. The first-order valence-corrected chi connectivity index (χ1v) is 19.6. The Morgan fingerprint density at radius 2 is 1.20 bits per heavy atom. The molecule has 1 aromatic carbocycles. The van der Waals surface area contributed by atoms with E-state index >= 15 is 0 Å². The molecule has 7 heteroatoms. The largest absolute Gasteiger partial charge is 0.493 e. The number of benzene rings is 1. The molecule has 7 nitrogen and oxygen atoms in total. The Balaban J connectivity index is 0. The molecule has 0 radical (unpaired) electrons. The number of esters is 2. The average molecular weight is 694 g/mol.